The Kier molecular flexibility index (Phi) is 4.89. The maximum absolute atomic E-state index is 13.6. The van der Waals surface area contributed by atoms with Gasteiger partial charge in [0.2, 0.25) is 5.43 Å². The number of carbonyl (C=O) groups excluding carboxylic acids is 1. The molecule has 1 amide bonds. The van der Waals surface area contributed by atoms with Crippen LogP contribution in [0.2, 0.25) is 0 Å². The second kappa shape index (κ2) is 7.44. The minimum Gasteiger partial charge on any atom is -0.483 e. The maximum Gasteiger partial charge on any atom is 0.272 e. The van der Waals surface area contributed by atoms with Crippen LogP contribution in [0.25, 0.3) is 0 Å². The Morgan fingerprint density at radius 3 is 2.52 bits per heavy atom. The van der Waals surface area contributed by atoms with Crippen molar-refractivity contribution in [3.63, 3.8) is 0 Å². The van der Waals surface area contributed by atoms with Crippen molar-refractivity contribution < 1.29 is 13.9 Å². The molecular weight excluding hydrogens is 323 g/mol. The molecule has 25 heavy (non-hydrogen) atoms. The molecule has 3 aromatic rings. The Hall–Kier alpha value is -3.41. The van der Waals surface area contributed by atoms with Crippen LogP contribution in [0.4, 0.5) is 10.1 Å². The average Bonchev–Trinajstić information content (AvgIpc) is 2.63. The van der Waals surface area contributed by atoms with Gasteiger partial charge in [-0.2, -0.15) is 0 Å². The lowest BCUT2D eigenvalue weighted by molar-refractivity contribution is 0.102. The molecule has 0 saturated carbocycles. The molecule has 0 spiro atoms. The van der Waals surface area contributed by atoms with E-state index in [0.29, 0.717) is 0 Å². The summed E-state index contributed by atoms with van der Waals surface area (Å²) in [5.41, 5.74) is 0.537. The van der Waals surface area contributed by atoms with Crippen molar-refractivity contribution in [2.45, 2.75) is 6.61 Å². The Labute approximate surface area is 143 Å². The Morgan fingerprint density at radius 2 is 1.80 bits per heavy atom. The molecule has 0 atom stereocenters. The smallest absolute Gasteiger partial charge is 0.272 e. The molecule has 1 heterocycles. The highest BCUT2D eigenvalue weighted by molar-refractivity contribution is 6.02. The number of nitrogens with one attached hydrogen (secondary N) is 2. The van der Waals surface area contributed by atoms with E-state index in [9.17, 15) is 14.0 Å². The molecule has 2 aromatic carbocycles. The standard InChI is InChI=1S/C19H15FN2O3/c20-14-8-4-5-9-15(14)22-19(24)16-10-17(23)18(11-21-16)25-12-13-6-2-1-3-7-13/h1-11H,12H2,(H,21,23)(H,22,24). The van der Waals surface area contributed by atoms with Crippen LogP contribution in [0.3, 0.4) is 0 Å². The molecule has 0 radical (unpaired) electrons. The van der Waals surface area contributed by atoms with Gasteiger partial charge in [0, 0.05) is 12.3 Å². The third kappa shape index (κ3) is 4.11. The van der Waals surface area contributed by atoms with Crippen molar-refractivity contribution in [1.82, 2.24) is 4.98 Å². The molecule has 0 bridgehead atoms. The van der Waals surface area contributed by atoms with E-state index in [0.717, 1.165) is 11.6 Å². The number of para-hydroxylation sites is 1. The van der Waals surface area contributed by atoms with E-state index in [1.54, 1.807) is 6.07 Å². The van der Waals surface area contributed by atoms with Gasteiger partial charge < -0.3 is 15.0 Å². The second-order valence-electron chi connectivity index (χ2n) is 5.28. The molecule has 0 aliphatic carbocycles. The number of carbonyl (C=O) groups is 1. The van der Waals surface area contributed by atoms with Crippen LogP contribution < -0.4 is 15.5 Å². The summed E-state index contributed by atoms with van der Waals surface area (Å²) >= 11 is 0. The van der Waals surface area contributed by atoms with Crippen molar-refractivity contribution in [3.05, 3.63) is 94.2 Å². The fourth-order valence-corrected chi connectivity index (χ4v) is 2.19. The third-order valence-electron chi connectivity index (χ3n) is 3.48. The van der Waals surface area contributed by atoms with Crippen molar-refractivity contribution in [2.75, 3.05) is 5.32 Å². The first-order valence-corrected chi connectivity index (χ1v) is 7.59. The molecule has 0 aliphatic heterocycles. The Bertz CT molecular complexity index is 939. The molecule has 0 aliphatic rings. The molecule has 1 aromatic heterocycles. The predicted octanol–water partition coefficient (Wildman–Crippen LogP) is 3.35. The zero-order valence-electron chi connectivity index (χ0n) is 13.2. The largest absolute Gasteiger partial charge is 0.483 e. The molecule has 0 saturated heterocycles. The highest BCUT2D eigenvalue weighted by Gasteiger charge is 2.12. The number of hydrogen-bond donors (Lipinski definition) is 2. The Balaban J connectivity index is 1.70. The SMILES string of the molecule is O=C(Nc1ccccc1F)c1cc(=O)c(OCc2ccccc2)c[nH]1. The fourth-order valence-electron chi connectivity index (χ4n) is 2.19. The number of aromatic nitrogens is 1. The number of H-pyrrole nitrogens is 1. The van der Waals surface area contributed by atoms with Crippen molar-refractivity contribution in [3.8, 4) is 5.75 Å². The van der Waals surface area contributed by atoms with Crippen molar-refractivity contribution >= 4 is 11.6 Å². The van der Waals surface area contributed by atoms with Gasteiger partial charge in [-0.25, -0.2) is 4.39 Å². The monoisotopic (exact) mass is 338 g/mol. The van der Waals surface area contributed by atoms with Crippen LogP contribution >= 0.6 is 0 Å². The van der Waals surface area contributed by atoms with E-state index in [-0.39, 0.29) is 23.7 Å². The van der Waals surface area contributed by atoms with Gasteiger partial charge in [0.25, 0.3) is 5.91 Å². The average molecular weight is 338 g/mol. The number of benzene rings is 2. The van der Waals surface area contributed by atoms with E-state index >= 15 is 0 Å². The van der Waals surface area contributed by atoms with Gasteiger partial charge in [-0.05, 0) is 17.7 Å². The number of ether oxygens (including phenoxy) is 1. The highest BCUT2D eigenvalue weighted by atomic mass is 19.1. The van der Waals surface area contributed by atoms with Crippen molar-refractivity contribution in [1.29, 1.82) is 0 Å². The Morgan fingerprint density at radius 1 is 1.08 bits per heavy atom. The maximum atomic E-state index is 13.6. The van der Waals surface area contributed by atoms with E-state index in [4.69, 9.17) is 4.74 Å². The lowest BCUT2D eigenvalue weighted by atomic mass is 10.2. The number of aromatic amines is 1. The molecular formula is C19H15FN2O3. The first-order valence-electron chi connectivity index (χ1n) is 7.59. The van der Waals surface area contributed by atoms with Gasteiger partial charge >= 0.3 is 0 Å². The number of pyridine rings is 1. The summed E-state index contributed by atoms with van der Waals surface area (Å²) < 4.78 is 19.0. The number of rotatable bonds is 5. The first-order chi connectivity index (χ1) is 12.1. The summed E-state index contributed by atoms with van der Waals surface area (Å²) in [6.45, 7) is 0.241. The van der Waals surface area contributed by atoms with Crippen LogP contribution in [-0.2, 0) is 6.61 Å². The number of hydrogen-bond acceptors (Lipinski definition) is 3. The van der Waals surface area contributed by atoms with Crippen LogP contribution in [0.15, 0.2) is 71.7 Å². The normalized spacial score (nSPS) is 10.3. The summed E-state index contributed by atoms with van der Waals surface area (Å²) in [5.74, 6) is -1.07. The van der Waals surface area contributed by atoms with Crippen LogP contribution in [0, 0.1) is 5.82 Å². The molecule has 2 N–H and O–H groups in total. The van der Waals surface area contributed by atoms with Gasteiger partial charge in [0.05, 0.1) is 5.69 Å². The summed E-state index contributed by atoms with van der Waals surface area (Å²) in [7, 11) is 0. The van der Waals surface area contributed by atoms with Crippen LogP contribution in [0.1, 0.15) is 16.1 Å². The zero-order valence-corrected chi connectivity index (χ0v) is 13.2. The van der Waals surface area contributed by atoms with Gasteiger partial charge in [-0.1, -0.05) is 42.5 Å². The number of halogens is 1. The zero-order chi connectivity index (χ0) is 17.6. The van der Waals surface area contributed by atoms with Gasteiger partial charge in [-0.3, -0.25) is 9.59 Å². The molecule has 6 heteroatoms. The predicted molar refractivity (Wildman–Crippen MR) is 92.2 cm³/mol. The third-order valence-corrected chi connectivity index (χ3v) is 3.48. The summed E-state index contributed by atoms with van der Waals surface area (Å²) in [6.07, 6.45) is 1.32. The van der Waals surface area contributed by atoms with Crippen LogP contribution in [-0.4, -0.2) is 10.9 Å². The minimum absolute atomic E-state index is 0.0142. The fraction of sp³-hybridized carbons (Fsp3) is 0.0526. The van der Waals surface area contributed by atoms with E-state index in [1.165, 1.54) is 24.4 Å². The molecule has 0 unspecified atom stereocenters. The summed E-state index contributed by atoms with van der Waals surface area (Å²) in [4.78, 5) is 26.9. The topological polar surface area (TPSA) is 71.2 Å². The molecule has 126 valence electrons. The molecule has 5 nitrogen and oxygen atoms in total. The van der Waals surface area contributed by atoms with E-state index in [1.807, 2.05) is 30.3 Å². The van der Waals surface area contributed by atoms with Crippen molar-refractivity contribution in [2.24, 2.45) is 0 Å². The van der Waals surface area contributed by atoms with Crippen LogP contribution in [0.5, 0.6) is 5.75 Å². The molecule has 3 rings (SSSR count). The lowest BCUT2D eigenvalue weighted by Gasteiger charge is -2.08. The minimum atomic E-state index is -0.614. The second-order valence-corrected chi connectivity index (χ2v) is 5.28. The highest BCUT2D eigenvalue weighted by Crippen LogP contribution is 2.14. The van der Waals surface area contributed by atoms with E-state index < -0.39 is 17.2 Å². The number of amides is 1. The lowest BCUT2D eigenvalue weighted by Crippen LogP contribution is -2.18. The molecule has 0 fully saturated rings. The number of anilines is 1. The van der Waals surface area contributed by atoms with Gasteiger partial charge in [-0.15, -0.1) is 0 Å². The summed E-state index contributed by atoms with van der Waals surface area (Å²) in [5, 5.41) is 2.41. The quantitative estimate of drug-likeness (QED) is 0.749. The van der Waals surface area contributed by atoms with Gasteiger partial charge in [0.15, 0.2) is 5.75 Å². The van der Waals surface area contributed by atoms with E-state index in [2.05, 4.69) is 10.3 Å². The first kappa shape index (κ1) is 16.4. The summed E-state index contributed by atoms with van der Waals surface area (Å²) in [6, 6.07) is 16.3. The van der Waals surface area contributed by atoms with Gasteiger partial charge in [0.1, 0.15) is 18.1 Å².